The molecule has 0 aromatic heterocycles. The predicted octanol–water partition coefficient (Wildman–Crippen LogP) is 5.71. The fourth-order valence-corrected chi connectivity index (χ4v) is 6.30. The van der Waals surface area contributed by atoms with E-state index < -0.39 is 28.5 Å². The van der Waals surface area contributed by atoms with Crippen LogP contribution in [0.15, 0.2) is 114 Å². The van der Waals surface area contributed by atoms with Crippen LogP contribution in [0.25, 0.3) is 0 Å². The quantitative estimate of drug-likeness (QED) is 0.204. The molecule has 230 valence electrons. The van der Waals surface area contributed by atoms with Crippen LogP contribution in [0.5, 0.6) is 5.75 Å². The van der Waals surface area contributed by atoms with Crippen molar-refractivity contribution < 1.29 is 22.7 Å². The van der Waals surface area contributed by atoms with Gasteiger partial charge in [-0.05, 0) is 73.5 Å². The third-order valence-corrected chi connectivity index (χ3v) is 8.95. The number of nitrogens with one attached hydrogen (secondary N) is 1. The van der Waals surface area contributed by atoms with Crippen molar-refractivity contribution in [3.63, 3.8) is 0 Å². The summed E-state index contributed by atoms with van der Waals surface area (Å²) in [6.07, 6.45) is 0.227. The minimum atomic E-state index is -4.20. The molecule has 44 heavy (non-hydrogen) atoms. The maximum Gasteiger partial charge on any atom is 0.264 e. The van der Waals surface area contributed by atoms with Gasteiger partial charge in [0.2, 0.25) is 11.8 Å². The van der Waals surface area contributed by atoms with Gasteiger partial charge in [-0.25, -0.2) is 8.42 Å². The van der Waals surface area contributed by atoms with Gasteiger partial charge in [0.25, 0.3) is 10.0 Å². The molecular weight excluding hydrogens is 598 g/mol. The Bertz CT molecular complexity index is 1650. The fourth-order valence-electron chi connectivity index (χ4n) is 4.76. The topological polar surface area (TPSA) is 96.0 Å². The van der Waals surface area contributed by atoms with Gasteiger partial charge in [-0.2, -0.15) is 0 Å². The summed E-state index contributed by atoms with van der Waals surface area (Å²) in [5, 5.41) is 3.34. The van der Waals surface area contributed by atoms with Gasteiger partial charge in [-0.15, -0.1) is 0 Å². The fraction of sp³-hybridized carbons (Fsp3) is 0.235. The zero-order chi connectivity index (χ0) is 31.7. The first-order valence-corrected chi connectivity index (χ1v) is 16.0. The Morgan fingerprint density at radius 2 is 1.45 bits per heavy atom. The van der Waals surface area contributed by atoms with Gasteiger partial charge in [0.1, 0.15) is 18.3 Å². The lowest BCUT2D eigenvalue weighted by Crippen LogP contribution is -2.54. The van der Waals surface area contributed by atoms with E-state index >= 15 is 0 Å². The Balaban J connectivity index is 1.79. The molecule has 8 nitrogen and oxygen atoms in total. The number of hydrogen-bond donors (Lipinski definition) is 1. The molecule has 4 aromatic carbocycles. The van der Waals surface area contributed by atoms with E-state index in [0.29, 0.717) is 16.5 Å². The largest absolute Gasteiger partial charge is 0.497 e. The third kappa shape index (κ3) is 8.39. The van der Waals surface area contributed by atoms with Crippen LogP contribution >= 0.6 is 11.6 Å². The van der Waals surface area contributed by atoms with E-state index in [0.717, 1.165) is 15.4 Å². The van der Waals surface area contributed by atoms with Gasteiger partial charge >= 0.3 is 0 Å². The second kappa shape index (κ2) is 14.9. The highest BCUT2D eigenvalue weighted by molar-refractivity contribution is 7.92. The smallest absolute Gasteiger partial charge is 0.264 e. The summed E-state index contributed by atoms with van der Waals surface area (Å²) in [7, 11) is -2.65. The van der Waals surface area contributed by atoms with Gasteiger partial charge < -0.3 is 15.0 Å². The Labute approximate surface area is 264 Å². The van der Waals surface area contributed by atoms with Gasteiger partial charge in [-0.1, -0.05) is 72.3 Å². The molecule has 0 fully saturated rings. The predicted molar refractivity (Wildman–Crippen MR) is 173 cm³/mol. The zero-order valence-corrected chi connectivity index (χ0v) is 26.5. The van der Waals surface area contributed by atoms with Crippen molar-refractivity contribution in [3.8, 4) is 5.75 Å². The Morgan fingerprint density at radius 1 is 0.841 bits per heavy atom. The summed E-state index contributed by atoms with van der Waals surface area (Å²) in [5.74, 6) is -0.293. The number of methoxy groups -OCH3 is 1. The number of hydrogen-bond acceptors (Lipinski definition) is 5. The van der Waals surface area contributed by atoms with Crippen LogP contribution < -0.4 is 14.4 Å². The summed E-state index contributed by atoms with van der Waals surface area (Å²) in [4.78, 5) is 29.6. The van der Waals surface area contributed by atoms with Crippen molar-refractivity contribution in [1.82, 2.24) is 10.2 Å². The first kappa shape index (κ1) is 32.6. The molecule has 0 spiro atoms. The normalized spacial score (nSPS) is 11.9. The number of sulfonamides is 1. The molecule has 0 radical (unpaired) electrons. The lowest BCUT2D eigenvalue weighted by Gasteiger charge is -2.34. The highest BCUT2D eigenvalue weighted by Gasteiger charge is 2.34. The SMILES string of the molecule is COc1cccc(CN(C(=O)CN(c2ccccc2)S(=O)(=O)c2ccc(Cl)cc2)[C@@H](Cc2ccccc2)C(=O)NC(C)C)c1. The number of benzene rings is 4. The Hall–Kier alpha value is -4.34. The van der Waals surface area contributed by atoms with Crippen molar-refractivity contribution >= 4 is 39.1 Å². The van der Waals surface area contributed by atoms with Crippen LogP contribution in [-0.4, -0.2) is 50.9 Å². The minimum absolute atomic E-state index is 0.0173. The molecule has 4 rings (SSSR count). The summed E-state index contributed by atoms with van der Waals surface area (Å²) in [6.45, 7) is 3.20. The number of carbonyl (C=O) groups is 2. The molecule has 0 unspecified atom stereocenters. The summed E-state index contributed by atoms with van der Waals surface area (Å²) >= 11 is 6.03. The molecule has 0 saturated heterocycles. The van der Waals surface area contributed by atoms with Crippen LogP contribution in [-0.2, 0) is 32.6 Å². The van der Waals surface area contributed by atoms with E-state index in [9.17, 15) is 18.0 Å². The summed E-state index contributed by atoms with van der Waals surface area (Å²) in [6, 6.07) is 29.7. The average Bonchev–Trinajstić information content (AvgIpc) is 3.02. The summed E-state index contributed by atoms with van der Waals surface area (Å²) < 4.78 is 34.5. The van der Waals surface area contributed by atoms with E-state index in [1.165, 1.54) is 29.2 Å². The second-order valence-electron chi connectivity index (χ2n) is 10.5. The van der Waals surface area contributed by atoms with Gasteiger partial charge in [0, 0.05) is 24.0 Å². The van der Waals surface area contributed by atoms with Crippen LogP contribution in [0.1, 0.15) is 25.0 Å². The number of halogens is 1. The van der Waals surface area contributed by atoms with Crippen molar-refractivity contribution in [2.24, 2.45) is 0 Å². The van der Waals surface area contributed by atoms with Crippen LogP contribution in [0.4, 0.5) is 5.69 Å². The molecule has 0 aliphatic rings. The van der Waals surface area contributed by atoms with E-state index in [1.54, 1.807) is 55.6 Å². The maximum absolute atomic E-state index is 14.4. The first-order chi connectivity index (χ1) is 21.1. The molecule has 2 amide bonds. The molecule has 10 heteroatoms. The number of amides is 2. The van der Waals surface area contributed by atoms with Gasteiger partial charge in [-0.3, -0.25) is 13.9 Å². The van der Waals surface area contributed by atoms with Crippen molar-refractivity contribution in [3.05, 3.63) is 125 Å². The minimum Gasteiger partial charge on any atom is -0.497 e. The van der Waals surface area contributed by atoms with Crippen LogP contribution in [0, 0.1) is 0 Å². The average molecular weight is 634 g/mol. The monoisotopic (exact) mass is 633 g/mol. The number of carbonyl (C=O) groups excluding carboxylic acids is 2. The number of ether oxygens (including phenoxy) is 1. The molecule has 4 aromatic rings. The molecule has 0 bridgehead atoms. The lowest BCUT2D eigenvalue weighted by molar-refractivity contribution is -0.140. The molecule has 0 aliphatic heterocycles. The zero-order valence-electron chi connectivity index (χ0n) is 24.9. The molecular formula is C34H36ClN3O5S. The van der Waals surface area contributed by atoms with E-state index in [2.05, 4.69) is 5.32 Å². The van der Waals surface area contributed by atoms with E-state index in [4.69, 9.17) is 16.3 Å². The highest BCUT2D eigenvalue weighted by atomic mass is 35.5. The number of rotatable bonds is 13. The van der Waals surface area contributed by atoms with Crippen molar-refractivity contribution in [1.29, 1.82) is 0 Å². The van der Waals surface area contributed by atoms with Crippen molar-refractivity contribution in [2.45, 2.75) is 43.8 Å². The Kier molecular flexibility index (Phi) is 11.0. The number of anilines is 1. The molecule has 0 aliphatic carbocycles. The van der Waals surface area contributed by atoms with Crippen molar-refractivity contribution in [2.75, 3.05) is 18.0 Å². The lowest BCUT2D eigenvalue weighted by atomic mass is 10.0. The van der Waals surface area contributed by atoms with Crippen LogP contribution in [0.2, 0.25) is 5.02 Å². The molecule has 1 atom stereocenters. The van der Waals surface area contributed by atoms with Gasteiger partial charge in [0.15, 0.2) is 0 Å². The number of nitrogens with zero attached hydrogens (tertiary/aromatic N) is 2. The summed E-state index contributed by atoms with van der Waals surface area (Å²) in [5.41, 5.74) is 1.89. The molecule has 0 heterocycles. The molecule has 0 saturated carbocycles. The third-order valence-electron chi connectivity index (χ3n) is 6.91. The van der Waals surface area contributed by atoms with Crippen LogP contribution in [0.3, 0.4) is 0 Å². The van der Waals surface area contributed by atoms with Gasteiger partial charge in [0.05, 0.1) is 17.7 Å². The van der Waals surface area contributed by atoms with E-state index in [-0.39, 0.29) is 29.8 Å². The molecule has 1 N–H and O–H groups in total. The second-order valence-corrected chi connectivity index (χ2v) is 12.8. The maximum atomic E-state index is 14.4. The number of para-hydroxylation sites is 1. The Morgan fingerprint density at radius 3 is 2.07 bits per heavy atom. The standard InChI is InChI=1S/C34H36ClN3O5S/c1-25(2)36-34(40)32(22-26-11-6-4-7-12-26)37(23-27-13-10-16-30(21-27)43-3)33(39)24-38(29-14-8-5-9-15-29)44(41,42)31-19-17-28(35)18-20-31/h4-21,25,32H,22-24H2,1-3H3,(H,36,40)/t32-/m0/s1. The highest BCUT2D eigenvalue weighted by Crippen LogP contribution is 2.26. The first-order valence-electron chi connectivity index (χ1n) is 14.2. The van der Waals surface area contributed by atoms with E-state index in [1.807, 2.05) is 50.2 Å².